The molecule has 0 aromatic heterocycles. The van der Waals surface area contributed by atoms with Crippen molar-refractivity contribution in [3.63, 3.8) is 0 Å². The van der Waals surface area contributed by atoms with Crippen LogP contribution in [0, 0.1) is 0 Å². The number of hydrogen-bond acceptors (Lipinski definition) is 2. The van der Waals surface area contributed by atoms with E-state index >= 15 is 0 Å². The highest BCUT2D eigenvalue weighted by molar-refractivity contribution is 5.88. The molecule has 1 amide bonds. The summed E-state index contributed by atoms with van der Waals surface area (Å²) in [5.41, 5.74) is 5.18. The number of carbonyl (C=O) groups excluding carboxylic acids is 1. The standard InChI is InChI=1S/C7H12N2O/c8-4-1-3-7(10)9-5-2-6-9/h1,3H,2,4-6,8H2/b3-1+. The Kier molecular flexibility index (Phi) is 2.45. The molecule has 3 heteroatoms. The number of amides is 1. The Labute approximate surface area is 60.5 Å². The van der Waals surface area contributed by atoms with E-state index in [2.05, 4.69) is 0 Å². The highest BCUT2D eigenvalue weighted by atomic mass is 16.2. The summed E-state index contributed by atoms with van der Waals surface area (Å²) in [6, 6.07) is 0. The van der Waals surface area contributed by atoms with E-state index in [-0.39, 0.29) is 5.91 Å². The lowest BCUT2D eigenvalue weighted by Crippen LogP contribution is -2.41. The van der Waals surface area contributed by atoms with E-state index in [4.69, 9.17) is 5.73 Å². The Hall–Kier alpha value is -0.830. The second kappa shape index (κ2) is 3.37. The zero-order valence-electron chi connectivity index (χ0n) is 5.92. The molecule has 3 nitrogen and oxygen atoms in total. The van der Waals surface area contributed by atoms with Crippen LogP contribution < -0.4 is 5.73 Å². The largest absolute Gasteiger partial charge is 0.339 e. The monoisotopic (exact) mass is 140 g/mol. The SMILES string of the molecule is NC/C=C/C(=O)N1CCC1. The van der Waals surface area contributed by atoms with E-state index in [0.29, 0.717) is 6.54 Å². The fourth-order valence-electron chi connectivity index (χ4n) is 0.811. The van der Waals surface area contributed by atoms with Gasteiger partial charge in [0.1, 0.15) is 0 Å². The molecule has 0 radical (unpaired) electrons. The van der Waals surface area contributed by atoms with Crippen LogP contribution >= 0.6 is 0 Å². The lowest BCUT2D eigenvalue weighted by Gasteiger charge is -2.29. The Balaban J connectivity index is 2.26. The van der Waals surface area contributed by atoms with E-state index in [0.717, 1.165) is 19.5 Å². The summed E-state index contributed by atoms with van der Waals surface area (Å²) in [7, 11) is 0. The minimum Gasteiger partial charge on any atom is -0.339 e. The third-order valence-electron chi connectivity index (χ3n) is 1.56. The molecule has 2 N–H and O–H groups in total. The van der Waals surface area contributed by atoms with Crippen LogP contribution in [0.4, 0.5) is 0 Å². The molecule has 1 aliphatic rings. The maximum absolute atomic E-state index is 11.0. The molecule has 0 unspecified atom stereocenters. The van der Waals surface area contributed by atoms with Gasteiger partial charge in [-0.15, -0.1) is 0 Å². The van der Waals surface area contributed by atoms with Crippen LogP contribution in [0.15, 0.2) is 12.2 Å². The highest BCUT2D eigenvalue weighted by Crippen LogP contribution is 2.05. The first kappa shape index (κ1) is 7.28. The molecule has 0 spiro atoms. The van der Waals surface area contributed by atoms with Crippen LogP contribution in [-0.2, 0) is 4.79 Å². The molecule has 1 rings (SSSR count). The smallest absolute Gasteiger partial charge is 0.246 e. The van der Waals surface area contributed by atoms with Crippen molar-refractivity contribution in [2.45, 2.75) is 6.42 Å². The second-order valence-electron chi connectivity index (χ2n) is 2.32. The van der Waals surface area contributed by atoms with E-state index in [1.54, 1.807) is 17.1 Å². The third kappa shape index (κ3) is 1.57. The van der Waals surface area contributed by atoms with Crippen LogP contribution in [0.1, 0.15) is 6.42 Å². The number of rotatable bonds is 2. The normalized spacial score (nSPS) is 17.5. The topological polar surface area (TPSA) is 46.3 Å². The molecule has 56 valence electrons. The zero-order chi connectivity index (χ0) is 7.40. The van der Waals surface area contributed by atoms with Crippen molar-refractivity contribution >= 4 is 5.91 Å². The van der Waals surface area contributed by atoms with Crippen LogP contribution in [-0.4, -0.2) is 30.4 Å². The van der Waals surface area contributed by atoms with Crippen molar-refractivity contribution in [1.29, 1.82) is 0 Å². The van der Waals surface area contributed by atoms with Gasteiger partial charge in [-0.1, -0.05) is 6.08 Å². The number of hydrogen-bond donors (Lipinski definition) is 1. The van der Waals surface area contributed by atoms with Crippen molar-refractivity contribution in [2.75, 3.05) is 19.6 Å². The number of carbonyl (C=O) groups is 1. The van der Waals surface area contributed by atoms with Gasteiger partial charge in [0.15, 0.2) is 0 Å². The van der Waals surface area contributed by atoms with Gasteiger partial charge >= 0.3 is 0 Å². The van der Waals surface area contributed by atoms with Gasteiger partial charge in [-0.2, -0.15) is 0 Å². The maximum atomic E-state index is 11.0. The molecule has 1 aliphatic heterocycles. The van der Waals surface area contributed by atoms with E-state index in [9.17, 15) is 4.79 Å². The van der Waals surface area contributed by atoms with Crippen LogP contribution in [0.2, 0.25) is 0 Å². The van der Waals surface area contributed by atoms with Gasteiger partial charge in [0, 0.05) is 25.7 Å². The third-order valence-corrected chi connectivity index (χ3v) is 1.56. The quantitative estimate of drug-likeness (QED) is 0.537. The van der Waals surface area contributed by atoms with E-state index in [1.807, 2.05) is 0 Å². The summed E-state index contributed by atoms with van der Waals surface area (Å²) >= 11 is 0. The van der Waals surface area contributed by atoms with Crippen molar-refractivity contribution in [3.8, 4) is 0 Å². The van der Waals surface area contributed by atoms with Gasteiger partial charge in [0.2, 0.25) is 5.91 Å². The Morgan fingerprint density at radius 3 is 2.70 bits per heavy atom. The number of likely N-dealkylation sites (tertiary alicyclic amines) is 1. The lowest BCUT2D eigenvalue weighted by molar-refractivity contribution is -0.129. The molecular weight excluding hydrogens is 128 g/mol. The summed E-state index contributed by atoms with van der Waals surface area (Å²) < 4.78 is 0. The molecule has 1 heterocycles. The number of nitrogens with zero attached hydrogens (tertiary/aromatic N) is 1. The average molecular weight is 140 g/mol. The van der Waals surface area contributed by atoms with Crippen LogP contribution in [0.5, 0.6) is 0 Å². The highest BCUT2D eigenvalue weighted by Gasteiger charge is 2.16. The van der Waals surface area contributed by atoms with Crippen molar-refractivity contribution in [1.82, 2.24) is 4.90 Å². The Morgan fingerprint density at radius 1 is 1.60 bits per heavy atom. The van der Waals surface area contributed by atoms with E-state index < -0.39 is 0 Å². The van der Waals surface area contributed by atoms with Crippen LogP contribution in [0.25, 0.3) is 0 Å². The fraction of sp³-hybridized carbons (Fsp3) is 0.571. The molecule has 0 aliphatic carbocycles. The Bertz CT molecular complexity index is 150. The van der Waals surface area contributed by atoms with Gasteiger partial charge in [0.25, 0.3) is 0 Å². The molecule has 0 aromatic carbocycles. The minimum atomic E-state index is 0.0942. The fourth-order valence-corrected chi connectivity index (χ4v) is 0.811. The summed E-state index contributed by atoms with van der Waals surface area (Å²) in [6.45, 7) is 2.26. The molecule has 10 heavy (non-hydrogen) atoms. The molecular formula is C7H12N2O. The van der Waals surface area contributed by atoms with Gasteiger partial charge < -0.3 is 10.6 Å². The van der Waals surface area contributed by atoms with Gasteiger partial charge in [-0.05, 0) is 6.42 Å². The van der Waals surface area contributed by atoms with Gasteiger partial charge in [0.05, 0.1) is 0 Å². The van der Waals surface area contributed by atoms with E-state index in [1.165, 1.54) is 0 Å². The predicted octanol–water partition coefficient (Wildman–Crippen LogP) is -0.266. The summed E-state index contributed by atoms with van der Waals surface area (Å²) in [5, 5.41) is 0. The minimum absolute atomic E-state index is 0.0942. The van der Waals surface area contributed by atoms with Crippen molar-refractivity contribution in [2.24, 2.45) is 5.73 Å². The molecule has 1 fully saturated rings. The molecule has 1 saturated heterocycles. The maximum Gasteiger partial charge on any atom is 0.246 e. The summed E-state index contributed by atoms with van der Waals surface area (Å²) in [5.74, 6) is 0.0942. The van der Waals surface area contributed by atoms with Gasteiger partial charge in [-0.25, -0.2) is 0 Å². The molecule has 0 bridgehead atoms. The first-order valence-electron chi connectivity index (χ1n) is 3.50. The molecule has 0 atom stereocenters. The number of nitrogens with two attached hydrogens (primary N) is 1. The van der Waals surface area contributed by atoms with Crippen molar-refractivity contribution < 1.29 is 4.79 Å². The Morgan fingerprint density at radius 2 is 2.30 bits per heavy atom. The van der Waals surface area contributed by atoms with Crippen LogP contribution in [0.3, 0.4) is 0 Å². The predicted molar refractivity (Wildman–Crippen MR) is 39.4 cm³/mol. The zero-order valence-corrected chi connectivity index (χ0v) is 5.92. The average Bonchev–Trinajstić information content (AvgIpc) is 1.79. The lowest BCUT2D eigenvalue weighted by atomic mass is 10.2. The second-order valence-corrected chi connectivity index (χ2v) is 2.32. The summed E-state index contributed by atoms with van der Waals surface area (Å²) in [6.07, 6.45) is 4.36. The molecule has 0 saturated carbocycles. The first-order chi connectivity index (χ1) is 4.84. The molecule has 0 aromatic rings. The van der Waals surface area contributed by atoms with Gasteiger partial charge in [-0.3, -0.25) is 4.79 Å². The first-order valence-corrected chi connectivity index (χ1v) is 3.50. The van der Waals surface area contributed by atoms with Crippen molar-refractivity contribution in [3.05, 3.63) is 12.2 Å². The summed E-state index contributed by atoms with van der Waals surface area (Å²) in [4.78, 5) is 12.8.